The lowest BCUT2D eigenvalue weighted by Crippen LogP contribution is -2.13. The molecule has 0 aliphatic carbocycles. The van der Waals surface area contributed by atoms with Crippen molar-refractivity contribution >= 4 is 28.6 Å². The Balaban J connectivity index is 2.37. The molecule has 1 heterocycles. The Labute approximate surface area is 114 Å². The first-order chi connectivity index (χ1) is 8.99. The second kappa shape index (κ2) is 5.27. The summed E-state index contributed by atoms with van der Waals surface area (Å²) in [6, 6.07) is 4.49. The molecule has 2 aromatic rings. The molecule has 0 radical (unpaired) electrons. The van der Waals surface area contributed by atoms with Gasteiger partial charge in [-0.2, -0.15) is 0 Å². The van der Waals surface area contributed by atoms with Crippen molar-refractivity contribution in [3.63, 3.8) is 0 Å². The number of nitrogens with zero attached hydrogens (tertiary/aromatic N) is 1. The van der Waals surface area contributed by atoms with E-state index in [1.807, 2.05) is 6.92 Å². The zero-order valence-corrected chi connectivity index (χ0v) is 10.9. The van der Waals surface area contributed by atoms with Gasteiger partial charge in [0.25, 0.3) is 0 Å². The Kier molecular flexibility index (Phi) is 3.71. The molecule has 3 nitrogen and oxygen atoms in total. The third-order valence-electron chi connectivity index (χ3n) is 2.50. The van der Waals surface area contributed by atoms with Gasteiger partial charge >= 0.3 is 0 Å². The van der Waals surface area contributed by atoms with Gasteiger partial charge in [-0.05, 0) is 30.7 Å². The molecule has 0 spiro atoms. The van der Waals surface area contributed by atoms with Crippen LogP contribution in [0.5, 0.6) is 0 Å². The lowest BCUT2D eigenvalue weighted by molar-refractivity contribution is 0.510. The summed E-state index contributed by atoms with van der Waals surface area (Å²) in [6.45, 7) is 1.85. The van der Waals surface area contributed by atoms with Gasteiger partial charge in [0.15, 0.2) is 11.6 Å². The topological polar surface area (TPSA) is 50.9 Å². The fourth-order valence-electron chi connectivity index (χ4n) is 1.62. The standard InChI is InChI=1S/C13H11F2N3S/c1-7-4-8(6-17-5-7)18-10-3-2-9(13(16)19)11(14)12(10)15/h2-6,18H,1H3,(H2,16,19). The molecule has 6 heteroatoms. The largest absolute Gasteiger partial charge is 0.389 e. The number of aromatic nitrogens is 1. The SMILES string of the molecule is Cc1cncc(Nc2ccc(C(N)=S)c(F)c2F)c1. The van der Waals surface area contributed by atoms with Crippen LogP contribution in [0, 0.1) is 18.6 Å². The van der Waals surface area contributed by atoms with E-state index in [0.717, 1.165) is 5.56 Å². The van der Waals surface area contributed by atoms with Crippen molar-refractivity contribution in [2.45, 2.75) is 6.92 Å². The van der Waals surface area contributed by atoms with Crippen LogP contribution in [0.4, 0.5) is 20.2 Å². The van der Waals surface area contributed by atoms with E-state index in [-0.39, 0.29) is 16.2 Å². The highest BCUT2D eigenvalue weighted by Crippen LogP contribution is 2.24. The van der Waals surface area contributed by atoms with Crippen LogP contribution in [-0.4, -0.2) is 9.97 Å². The molecule has 0 aliphatic rings. The lowest BCUT2D eigenvalue weighted by Gasteiger charge is -2.10. The van der Waals surface area contributed by atoms with Crippen LogP contribution in [-0.2, 0) is 0 Å². The smallest absolute Gasteiger partial charge is 0.182 e. The Hall–Kier alpha value is -2.08. The van der Waals surface area contributed by atoms with Crippen LogP contribution in [0.2, 0.25) is 0 Å². The highest BCUT2D eigenvalue weighted by atomic mass is 32.1. The normalized spacial score (nSPS) is 10.3. The summed E-state index contributed by atoms with van der Waals surface area (Å²) in [5.74, 6) is -2.08. The Morgan fingerprint density at radius 1 is 1.26 bits per heavy atom. The molecule has 0 bridgehead atoms. The highest BCUT2D eigenvalue weighted by Gasteiger charge is 2.15. The van der Waals surface area contributed by atoms with Crippen LogP contribution in [0.3, 0.4) is 0 Å². The molecule has 1 aromatic carbocycles. The van der Waals surface area contributed by atoms with Crippen LogP contribution in [0.15, 0.2) is 30.6 Å². The predicted molar refractivity (Wildman–Crippen MR) is 74.5 cm³/mol. The average molecular weight is 279 g/mol. The number of anilines is 2. The monoisotopic (exact) mass is 279 g/mol. The number of nitrogens with one attached hydrogen (secondary N) is 1. The number of hydrogen-bond donors (Lipinski definition) is 2. The van der Waals surface area contributed by atoms with E-state index in [2.05, 4.69) is 22.5 Å². The van der Waals surface area contributed by atoms with Gasteiger partial charge in [-0.1, -0.05) is 12.2 Å². The van der Waals surface area contributed by atoms with Crippen molar-refractivity contribution in [3.05, 3.63) is 53.4 Å². The zero-order valence-electron chi connectivity index (χ0n) is 10.1. The molecule has 0 unspecified atom stereocenters. The summed E-state index contributed by atoms with van der Waals surface area (Å²) in [4.78, 5) is 3.78. The van der Waals surface area contributed by atoms with Crippen LogP contribution >= 0.6 is 12.2 Å². The third-order valence-corrected chi connectivity index (χ3v) is 2.72. The molecule has 2 rings (SSSR count). The molecule has 98 valence electrons. The molecule has 0 saturated carbocycles. The van der Waals surface area contributed by atoms with E-state index in [9.17, 15) is 8.78 Å². The molecular formula is C13H11F2N3S. The maximum atomic E-state index is 13.8. The summed E-state index contributed by atoms with van der Waals surface area (Å²) in [6.07, 6.45) is 3.18. The minimum absolute atomic E-state index is 0.00454. The maximum Gasteiger partial charge on any atom is 0.182 e. The number of aryl methyl sites for hydroxylation is 1. The van der Waals surface area contributed by atoms with Crippen molar-refractivity contribution in [1.82, 2.24) is 4.98 Å². The van der Waals surface area contributed by atoms with E-state index in [1.165, 1.54) is 18.3 Å². The fourth-order valence-corrected chi connectivity index (χ4v) is 1.77. The van der Waals surface area contributed by atoms with Gasteiger partial charge in [0.05, 0.1) is 17.6 Å². The first-order valence-corrected chi connectivity index (χ1v) is 5.86. The number of halogens is 2. The van der Waals surface area contributed by atoms with Gasteiger partial charge in [0, 0.05) is 11.8 Å². The van der Waals surface area contributed by atoms with E-state index in [1.54, 1.807) is 12.3 Å². The average Bonchev–Trinajstić information content (AvgIpc) is 2.35. The number of hydrogen-bond acceptors (Lipinski definition) is 3. The predicted octanol–water partition coefficient (Wildman–Crippen LogP) is 3.05. The second-order valence-corrected chi connectivity index (χ2v) is 4.47. The number of nitrogens with two attached hydrogens (primary N) is 1. The minimum atomic E-state index is -1.06. The van der Waals surface area contributed by atoms with Crippen molar-refractivity contribution in [2.24, 2.45) is 5.73 Å². The maximum absolute atomic E-state index is 13.8. The van der Waals surface area contributed by atoms with Crippen molar-refractivity contribution in [2.75, 3.05) is 5.32 Å². The number of pyridine rings is 1. The third kappa shape index (κ3) is 2.85. The minimum Gasteiger partial charge on any atom is -0.389 e. The van der Waals surface area contributed by atoms with Gasteiger partial charge in [0.1, 0.15) is 4.99 Å². The van der Waals surface area contributed by atoms with E-state index < -0.39 is 11.6 Å². The summed E-state index contributed by atoms with van der Waals surface area (Å²) in [5.41, 5.74) is 6.67. The zero-order chi connectivity index (χ0) is 14.0. The summed E-state index contributed by atoms with van der Waals surface area (Å²) < 4.78 is 27.5. The van der Waals surface area contributed by atoms with Crippen LogP contribution < -0.4 is 11.1 Å². The lowest BCUT2D eigenvalue weighted by atomic mass is 10.1. The quantitative estimate of drug-likeness (QED) is 0.848. The number of rotatable bonds is 3. The van der Waals surface area contributed by atoms with E-state index in [4.69, 9.17) is 5.73 Å². The van der Waals surface area contributed by atoms with Gasteiger partial charge in [-0.15, -0.1) is 0 Å². The Morgan fingerprint density at radius 2 is 2.00 bits per heavy atom. The van der Waals surface area contributed by atoms with Gasteiger partial charge in [-0.3, -0.25) is 4.98 Å². The molecule has 3 N–H and O–H groups in total. The van der Waals surface area contributed by atoms with E-state index >= 15 is 0 Å². The molecule has 0 saturated heterocycles. The van der Waals surface area contributed by atoms with Crippen LogP contribution in [0.25, 0.3) is 0 Å². The molecular weight excluding hydrogens is 268 g/mol. The molecule has 0 amide bonds. The first-order valence-electron chi connectivity index (χ1n) is 5.45. The van der Waals surface area contributed by atoms with E-state index in [0.29, 0.717) is 5.69 Å². The molecule has 19 heavy (non-hydrogen) atoms. The fraction of sp³-hybridized carbons (Fsp3) is 0.0769. The Bertz CT molecular complexity index is 644. The molecule has 1 aromatic heterocycles. The van der Waals surface area contributed by atoms with Gasteiger partial charge in [0.2, 0.25) is 0 Å². The molecule has 0 atom stereocenters. The van der Waals surface area contributed by atoms with Crippen LogP contribution in [0.1, 0.15) is 11.1 Å². The van der Waals surface area contributed by atoms with Crippen molar-refractivity contribution in [3.8, 4) is 0 Å². The number of thiocarbonyl (C=S) groups is 1. The number of benzene rings is 1. The Morgan fingerprint density at radius 3 is 2.63 bits per heavy atom. The highest BCUT2D eigenvalue weighted by molar-refractivity contribution is 7.80. The second-order valence-electron chi connectivity index (χ2n) is 4.03. The molecule has 0 fully saturated rings. The summed E-state index contributed by atoms with van der Waals surface area (Å²) in [5, 5.41) is 2.76. The first kappa shape index (κ1) is 13.4. The van der Waals surface area contributed by atoms with Crippen molar-refractivity contribution in [1.29, 1.82) is 0 Å². The summed E-state index contributed by atoms with van der Waals surface area (Å²) >= 11 is 4.64. The van der Waals surface area contributed by atoms with Crippen molar-refractivity contribution < 1.29 is 8.78 Å². The molecule has 0 aliphatic heterocycles. The van der Waals surface area contributed by atoms with Gasteiger partial charge in [-0.25, -0.2) is 8.78 Å². The summed E-state index contributed by atoms with van der Waals surface area (Å²) in [7, 11) is 0. The van der Waals surface area contributed by atoms with Gasteiger partial charge < -0.3 is 11.1 Å².